The van der Waals surface area contributed by atoms with Gasteiger partial charge in [-0.15, -0.1) is 6.58 Å². The van der Waals surface area contributed by atoms with Crippen LogP contribution in [0.4, 0.5) is 16.2 Å². The van der Waals surface area contributed by atoms with Crippen molar-refractivity contribution >= 4 is 23.3 Å². The van der Waals surface area contributed by atoms with Crippen molar-refractivity contribution in [3.05, 3.63) is 36.9 Å². The highest BCUT2D eigenvalue weighted by Gasteiger charge is 2.41. The summed E-state index contributed by atoms with van der Waals surface area (Å²) in [4.78, 5) is 23.8. The number of nitriles is 1. The molecule has 6 nitrogen and oxygen atoms in total. The topological polar surface area (TPSA) is 94.0 Å². The van der Waals surface area contributed by atoms with E-state index in [4.69, 9.17) is 0 Å². The molecule has 0 radical (unpaired) electrons. The van der Waals surface area contributed by atoms with Crippen molar-refractivity contribution in [3.63, 3.8) is 0 Å². The van der Waals surface area contributed by atoms with Gasteiger partial charge in [-0.2, -0.15) is 5.26 Å². The Morgan fingerprint density at radius 1 is 1.17 bits per heavy atom. The van der Waals surface area contributed by atoms with E-state index in [-0.39, 0.29) is 11.9 Å². The van der Waals surface area contributed by atoms with Crippen LogP contribution < -0.4 is 16.0 Å². The van der Waals surface area contributed by atoms with E-state index < -0.39 is 5.41 Å². The van der Waals surface area contributed by atoms with Gasteiger partial charge in [0, 0.05) is 17.9 Å². The van der Waals surface area contributed by atoms with Gasteiger partial charge in [0.05, 0.1) is 6.07 Å². The van der Waals surface area contributed by atoms with Crippen LogP contribution in [0.5, 0.6) is 0 Å². The van der Waals surface area contributed by atoms with Crippen molar-refractivity contribution in [2.24, 2.45) is 5.41 Å². The van der Waals surface area contributed by atoms with Gasteiger partial charge in [-0.25, -0.2) is 4.79 Å². The SMILES string of the molecule is C=CCNC(=O)Nc1ccc(NC(=O)C2(C#N)CCCC2)cc1. The van der Waals surface area contributed by atoms with Crippen molar-refractivity contribution < 1.29 is 9.59 Å². The normalized spacial score (nSPS) is 15.3. The number of rotatable bonds is 5. The van der Waals surface area contributed by atoms with Crippen LogP contribution in [0, 0.1) is 16.7 Å². The summed E-state index contributed by atoms with van der Waals surface area (Å²) in [7, 11) is 0. The number of hydrogen-bond acceptors (Lipinski definition) is 3. The highest BCUT2D eigenvalue weighted by molar-refractivity contribution is 5.97. The molecule has 0 spiro atoms. The number of hydrogen-bond donors (Lipinski definition) is 3. The molecule has 2 rings (SSSR count). The molecule has 0 aliphatic heterocycles. The first-order valence-electron chi connectivity index (χ1n) is 7.58. The van der Waals surface area contributed by atoms with Crippen LogP contribution in [0.2, 0.25) is 0 Å². The molecule has 6 heteroatoms. The van der Waals surface area contributed by atoms with Gasteiger partial charge < -0.3 is 16.0 Å². The van der Waals surface area contributed by atoms with Gasteiger partial charge >= 0.3 is 6.03 Å². The molecular formula is C17H20N4O2. The maximum absolute atomic E-state index is 12.3. The summed E-state index contributed by atoms with van der Waals surface area (Å²) in [6, 6.07) is 8.62. The van der Waals surface area contributed by atoms with E-state index >= 15 is 0 Å². The molecule has 0 atom stereocenters. The molecule has 1 aromatic carbocycles. The molecule has 1 aromatic rings. The number of carbonyl (C=O) groups is 2. The summed E-state index contributed by atoms with van der Waals surface area (Å²) in [5.74, 6) is -0.248. The predicted molar refractivity (Wildman–Crippen MR) is 88.8 cm³/mol. The van der Waals surface area contributed by atoms with Gasteiger partial charge in [0.2, 0.25) is 5.91 Å². The van der Waals surface area contributed by atoms with Crippen molar-refractivity contribution in [3.8, 4) is 6.07 Å². The summed E-state index contributed by atoms with van der Waals surface area (Å²) >= 11 is 0. The van der Waals surface area contributed by atoms with E-state index in [1.165, 1.54) is 0 Å². The van der Waals surface area contributed by atoms with Gasteiger partial charge in [0.15, 0.2) is 0 Å². The summed E-state index contributed by atoms with van der Waals surface area (Å²) in [5, 5.41) is 17.4. The Morgan fingerprint density at radius 2 is 1.74 bits per heavy atom. The zero-order valence-corrected chi connectivity index (χ0v) is 12.9. The first kappa shape index (κ1) is 16.6. The van der Waals surface area contributed by atoms with E-state index in [2.05, 4.69) is 28.6 Å². The monoisotopic (exact) mass is 312 g/mol. The van der Waals surface area contributed by atoms with Crippen LogP contribution in [0.3, 0.4) is 0 Å². The number of carbonyl (C=O) groups excluding carboxylic acids is 2. The van der Waals surface area contributed by atoms with E-state index in [0.717, 1.165) is 12.8 Å². The fraction of sp³-hybridized carbons (Fsp3) is 0.353. The average molecular weight is 312 g/mol. The zero-order valence-electron chi connectivity index (χ0n) is 12.9. The van der Waals surface area contributed by atoms with Gasteiger partial charge in [-0.1, -0.05) is 18.9 Å². The van der Waals surface area contributed by atoms with Crippen LogP contribution in [0.25, 0.3) is 0 Å². The lowest BCUT2D eigenvalue weighted by Crippen LogP contribution is -2.32. The largest absolute Gasteiger partial charge is 0.334 e. The van der Waals surface area contributed by atoms with Crippen LogP contribution in [0.1, 0.15) is 25.7 Å². The van der Waals surface area contributed by atoms with E-state index in [1.54, 1.807) is 30.3 Å². The Morgan fingerprint density at radius 3 is 2.26 bits per heavy atom. The zero-order chi connectivity index (χ0) is 16.7. The quantitative estimate of drug-likeness (QED) is 0.729. The highest BCUT2D eigenvalue weighted by Crippen LogP contribution is 2.38. The molecule has 3 amide bonds. The van der Waals surface area contributed by atoms with Crippen molar-refractivity contribution in [2.45, 2.75) is 25.7 Å². The molecule has 0 heterocycles. The van der Waals surface area contributed by atoms with Gasteiger partial charge in [-0.3, -0.25) is 4.79 Å². The molecule has 120 valence electrons. The second kappa shape index (κ2) is 7.45. The van der Waals surface area contributed by atoms with Crippen LogP contribution >= 0.6 is 0 Å². The Kier molecular flexibility index (Phi) is 5.36. The van der Waals surface area contributed by atoms with E-state index in [1.807, 2.05) is 0 Å². The van der Waals surface area contributed by atoms with Crippen LogP contribution in [0.15, 0.2) is 36.9 Å². The highest BCUT2D eigenvalue weighted by atomic mass is 16.2. The number of benzene rings is 1. The smallest absolute Gasteiger partial charge is 0.319 e. The second-order valence-corrected chi connectivity index (χ2v) is 5.56. The Bertz CT molecular complexity index is 625. The molecule has 23 heavy (non-hydrogen) atoms. The van der Waals surface area contributed by atoms with Crippen molar-refractivity contribution in [2.75, 3.05) is 17.2 Å². The molecule has 0 bridgehead atoms. The van der Waals surface area contributed by atoms with Gasteiger partial charge in [-0.05, 0) is 37.1 Å². The van der Waals surface area contributed by atoms with Crippen molar-refractivity contribution in [1.82, 2.24) is 5.32 Å². The molecule has 1 aliphatic carbocycles. The van der Waals surface area contributed by atoms with E-state index in [0.29, 0.717) is 30.8 Å². The predicted octanol–water partition coefficient (Wildman–Crippen LogP) is 3.02. The number of amides is 3. The summed E-state index contributed by atoms with van der Waals surface area (Å²) in [6.07, 6.45) is 4.62. The van der Waals surface area contributed by atoms with Crippen molar-refractivity contribution in [1.29, 1.82) is 5.26 Å². The van der Waals surface area contributed by atoms with Gasteiger partial charge in [0.1, 0.15) is 5.41 Å². The van der Waals surface area contributed by atoms with Gasteiger partial charge in [0.25, 0.3) is 0 Å². The molecule has 0 aromatic heterocycles. The number of nitrogens with one attached hydrogen (secondary N) is 3. The summed E-state index contributed by atoms with van der Waals surface area (Å²) in [6.45, 7) is 3.90. The lowest BCUT2D eigenvalue weighted by Gasteiger charge is -2.19. The molecule has 1 saturated carbocycles. The van der Waals surface area contributed by atoms with Crippen LogP contribution in [-0.4, -0.2) is 18.5 Å². The Hall–Kier alpha value is -2.81. The minimum atomic E-state index is -0.901. The lowest BCUT2D eigenvalue weighted by atomic mass is 9.87. The number of urea groups is 1. The minimum Gasteiger partial charge on any atom is -0.334 e. The Labute approximate surface area is 135 Å². The fourth-order valence-corrected chi connectivity index (χ4v) is 2.60. The third-order valence-corrected chi connectivity index (χ3v) is 3.91. The third-order valence-electron chi connectivity index (χ3n) is 3.91. The number of nitrogens with zero attached hydrogens (tertiary/aromatic N) is 1. The maximum Gasteiger partial charge on any atom is 0.319 e. The molecule has 3 N–H and O–H groups in total. The first-order valence-corrected chi connectivity index (χ1v) is 7.58. The van der Waals surface area contributed by atoms with Crippen LogP contribution in [-0.2, 0) is 4.79 Å². The van der Waals surface area contributed by atoms with E-state index in [9.17, 15) is 14.9 Å². The average Bonchev–Trinajstić information content (AvgIpc) is 3.05. The minimum absolute atomic E-state index is 0.248. The number of anilines is 2. The standard InChI is InChI=1S/C17H20N4O2/c1-2-11-19-16(23)21-14-7-5-13(6-8-14)20-15(22)17(12-18)9-3-4-10-17/h2,5-8H,1,3-4,9-11H2,(H,20,22)(H2,19,21,23). The molecule has 1 fully saturated rings. The summed E-state index contributed by atoms with van der Waals surface area (Å²) in [5.41, 5.74) is 0.315. The molecule has 0 saturated heterocycles. The first-order chi connectivity index (χ1) is 11.1. The molecule has 1 aliphatic rings. The maximum atomic E-state index is 12.3. The molecular weight excluding hydrogens is 292 g/mol. The Balaban J connectivity index is 1.95. The lowest BCUT2D eigenvalue weighted by molar-refractivity contribution is -0.122. The molecule has 0 unspecified atom stereocenters. The summed E-state index contributed by atoms with van der Waals surface area (Å²) < 4.78 is 0. The second-order valence-electron chi connectivity index (χ2n) is 5.56. The third kappa shape index (κ3) is 4.10. The fourth-order valence-electron chi connectivity index (χ4n) is 2.60.